The van der Waals surface area contributed by atoms with E-state index in [1.54, 1.807) is 0 Å². The summed E-state index contributed by atoms with van der Waals surface area (Å²) >= 11 is 0. The van der Waals surface area contributed by atoms with E-state index in [4.69, 9.17) is 4.98 Å². The van der Waals surface area contributed by atoms with E-state index in [0.29, 0.717) is 0 Å². The number of hydrogen-bond donors (Lipinski definition) is 2. The van der Waals surface area contributed by atoms with Crippen molar-refractivity contribution in [2.75, 3.05) is 13.1 Å². The van der Waals surface area contributed by atoms with E-state index < -0.39 is 0 Å². The summed E-state index contributed by atoms with van der Waals surface area (Å²) in [6, 6.07) is 17.9. The monoisotopic (exact) mass is 384 g/mol. The Hall–Kier alpha value is -2.37. The number of para-hydroxylation sites is 2. The van der Waals surface area contributed by atoms with Gasteiger partial charge in [0.2, 0.25) is 5.91 Å². The van der Waals surface area contributed by atoms with Crippen molar-refractivity contribution in [3.8, 4) is 0 Å². The molecule has 0 saturated carbocycles. The number of nitrogens with zero attached hydrogens (tertiary/aromatic N) is 2. The van der Waals surface area contributed by atoms with E-state index in [1.165, 1.54) is 0 Å². The molecule has 1 unspecified atom stereocenters. The number of fused-ring (bicyclic) bond motifs is 1. The molecule has 1 saturated heterocycles. The second-order valence-electron chi connectivity index (χ2n) is 6.89. The maximum absolute atomic E-state index is 12.9. The van der Waals surface area contributed by atoms with Gasteiger partial charge in [0.15, 0.2) is 0 Å². The maximum Gasteiger partial charge on any atom is 0.224 e. The van der Waals surface area contributed by atoms with Crippen LogP contribution in [0.15, 0.2) is 54.6 Å². The van der Waals surface area contributed by atoms with Crippen LogP contribution in [0, 0.1) is 5.92 Å². The molecule has 1 aromatic heterocycles. The molecule has 5 nitrogen and oxygen atoms in total. The second kappa shape index (κ2) is 8.55. The molecular weight excluding hydrogens is 360 g/mol. The molecule has 1 fully saturated rings. The lowest BCUT2D eigenvalue weighted by atomic mass is 9.96. The molecule has 0 radical (unpaired) electrons. The quantitative estimate of drug-likeness (QED) is 0.726. The summed E-state index contributed by atoms with van der Waals surface area (Å²) < 4.78 is 2.08. The summed E-state index contributed by atoms with van der Waals surface area (Å²) in [6.45, 7) is 1.81. The van der Waals surface area contributed by atoms with Crippen LogP contribution in [0.2, 0.25) is 0 Å². The molecule has 142 valence electrons. The number of nitrogens with one attached hydrogen (secondary N) is 2. The van der Waals surface area contributed by atoms with E-state index in [9.17, 15) is 4.79 Å². The Balaban J connectivity index is 0.00000210. The first-order valence-electron chi connectivity index (χ1n) is 9.21. The highest BCUT2D eigenvalue weighted by atomic mass is 35.5. The molecular formula is C21H25ClN4O. The fourth-order valence-electron chi connectivity index (χ4n) is 3.71. The van der Waals surface area contributed by atoms with Crippen molar-refractivity contribution in [2.45, 2.75) is 18.9 Å². The Bertz CT molecular complexity index is 903. The van der Waals surface area contributed by atoms with Crippen molar-refractivity contribution in [3.63, 3.8) is 0 Å². The molecule has 1 aliphatic rings. The van der Waals surface area contributed by atoms with Crippen molar-refractivity contribution < 1.29 is 4.79 Å². The Morgan fingerprint density at radius 3 is 2.48 bits per heavy atom. The van der Waals surface area contributed by atoms with Crippen molar-refractivity contribution in [2.24, 2.45) is 13.0 Å². The molecule has 0 bridgehead atoms. The normalized spacial score (nSPS) is 15.9. The van der Waals surface area contributed by atoms with Crippen molar-refractivity contribution in [1.82, 2.24) is 20.2 Å². The van der Waals surface area contributed by atoms with E-state index >= 15 is 0 Å². The lowest BCUT2D eigenvalue weighted by molar-refractivity contribution is -0.126. The number of imidazole rings is 1. The van der Waals surface area contributed by atoms with Crippen LogP contribution in [0.4, 0.5) is 0 Å². The van der Waals surface area contributed by atoms with Gasteiger partial charge in [-0.3, -0.25) is 4.79 Å². The molecule has 3 aromatic rings. The van der Waals surface area contributed by atoms with Crippen LogP contribution in [0.25, 0.3) is 11.0 Å². The van der Waals surface area contributed by atoms with Crippen LogP contribution in [0.3, 0.4) is 0 Å². The van der Waals surface area contributed by atoms with E-state index in [0.717, 1.165) is 48.4 Å². The molecule has 2 aromatic carbocycles. The van der Waals surface area contributed by atoms with Gasteiger partial charge >= 0.3 is 0 Å². The van der Waals surface area contributed by atoms with Gasteiger partial charge in [-0.25, -0.2) is 4.98 Å². The molecule has 1 atom stereocenters. The lowest BCUT2D eigenvalue weighted by Gasteiger charge is -2.25. The first kappa shape index (κ1) is 19.4. The third kappa shape index (κ3) is 3.99. The number of amides is 1. The van der Waals surface area contributed by atoms with Crippen molar-refractivity contribution in [1.29, 1.82) is 0 Å². The summed E-state index contributed by atoms with van der Waals surface area (Å²) in [5, 5.41) is 6.59. The van der Waals surface area contributed by atoms with Crippen LogP contribution in [0.5, 0.6) is 0 Å². The SMILES string of the molecule is Cl.Cn1c(C(NC(=O)C2CCNCC2)c2ccccc2)nc2ccccc21. The Morgan fingerprint density at radius 1 is 1.11 bits per heavy atom. The Kier molecular flexibility index (Phi) is 6.14. The first-order chi connectivity index (χ1) is 12.7. The number of hydrogen-bond acceptors (Lipinski definition) is 3. The van der Waals surface area contributed by atoms with Gasteiger partial charge in [0.25, 0.3) is 0 Å². The van der Waals surface area contributed by atoms with Crippen LogP contribution in [-0.4, -0.2) is 28.5 Å². The summed E-state index contributed by atoms with van der Waals surface area (Å²) in [7, 11) is 2.01. The summed E-state index contributed by atoms with van der Waals surface area (Å²) in [6.07, 6.45) is 1.77. The molecule has 0 aliphatic carbocycles. The van der Waals surface area contributed by atoms with E-state index in [-0.39, 0.29) is 30.3 Å². The van der Waals surface area contributed by atoms with Gasteiger partial charge in [0.05, 0.1) is 11.0 Å². The van der Waals surface area contributed by atoms with E-state index in [1.807, 2.05) is 55.6 Å². The Labute approximate surface area is 165 Å². The van der Waals surface area contributed by atoms with Crippen LogP contribution in [0.1, 0.15) is 30.3 Å². The van der Waals surface area contributed by atoms with Gasteiger partial charge in [-0.2, -0.15) is 0 Å². The van der Waals surface area contributed by atoms with Crippen LogP contribution in [-0.2, 0) is 11.8 Å². The predicted octanol–water partition coefficient (Wildman–Crippen LogP) is 3.20. The van der Waals surface area contributed by atoms with Crippen molar-refractivity contribution in [3.05, 3.63) is 66.0 Å². The zero-order chi connectivity index (χ0) is 17.9. The van der Waals surface area contributed by atoms with Crippen LogP contribution >= 0.6 is 12.4 Å². The molecule has 1 amide bonds. The van der Waals surface area contributed by atoms with Gasteiger partial charge in [-0.15, -0.1) is 12.4 Å². The second-order valence-corrected chi connectivity index (χ2v) is 6.89. The molecule has 4 rings (SSSR count). The number of carbonyl (C=O) groups is 1. The van der Waals surface area contributed by atoms with Gasteiger partial charge in [0, 0.05) is 13.0 Å². The first-order valence-corrected chi connectivity index (χ1v) is 9.21. The minimum absolute atomic E-state index is 0. The van der Waals surface area contributed by atoms with Crippen molar-refractivity contribution >= 4 is 29.3 Å². The van der Waals surface area contributed by atoms with Gasteiger partial charge in [-0.1, -0.05) is 42.5 Å². The topological polar surface area (TPSA) is 59.0 Å². The minimum atomic E-state index is -0.254. The highest BCUT2D eigenvalue weighted by molar-refractivity contribution is 5.85. The smallest absolute Gasteiger partial charge is 0.224 e. The zero-order valence-corrected chi connectivity index (χ0v) is 16.2. The van der Waals surface area contributed by atoms with Gasteiger partial charge < -0.3 is 15.2 Å². The molecule has 1 aliphatic heterocycles. The fraction of sp³-hybridized carbons (Fsp3) is 0.333. The van der Waals surface area contributed by atoms with Gasteiger partial charge in [0.1, 0.15) is 11.9 Å². The average molecular weight is 385 g/mol. The molecule has 2 N–H and O–H groups in total. The number of rotatable bonds is 4. The number of benzene rings is 2. The van der Waals surface area contributed by atoms with Crippen LogP contribution < -0.4 is 10.6 Å². The molecule has 27 heavy (non-hydrogen) atoms. The predicted molar refractivity (Wildman–Crippen MR) is 110 cm³/mol. The number of halogens is 1. The molecule has 0 spiro atoms. The van der Waals surface area contributed by atoms with Gasteiger partial charge in [-0.05, 0) is 43.6 Å². The fourth-order valence-corrected chi connectivity index (χ4v) is 3.71. The minimum Gasteiger partial charge on any atom is -0.342 e. The third-order valence-corrected chi connectivity index (χ3v) is 5.21. The lowest BCUT2D eigenvalue weighted by Crippen LogP contribution is -2.40. The number of aryl methyl sites for hydroxylation is 1. The number of carbonyl (C=O) groups excluding carboxylic acids is 1. The average Bonchev–Trinajstić information content (AvgIpc) is 3.04. The summed E-state index contributed by atoms with van der Waals surface area (Å²) in [5.74, 6) is 1.05. The maximum atomic E-state index is 12.9. The highest BCUT2D eigenvalue weighted by Crippen LogP contribution is 2.26. The largest absolute Gasteiger partial charge is 0.342 e. The van der Waals surface area contributed by atoms with E-state index in [2.05, 4.69) is 21.3 Å². The molecule has 2 heterocycles. The Morgan fingerprint density at radius 2 is 1.78 bits per heavy atom. The molecule has 6 heteroatoms. The highest BCUT2D eigenvalue weighted by Gasteiger charge is 2.27. The summed E-state index contributed by atoms with van der Waals surface area (Å²) in [5.41, 5.74) is 3.06. The number of piperidine rings is 1. The number of aromatic nitrogens is 2. The standard InChI is InChI=1S/C21H24N4O.ClH/c1-25-18-10-6-5-9-17(18)23-20(25)19(15-7-3-2-4-8-15)24-21(26)16-11-13-22-14-12-16;/h2-10,16,19,22H,11-14H2,1H3,(H,24,26);1H. The zero-order valence-electron chi connectivity index (χ0n) is 15.4. The third-order valence-electron chi connectivity index (χ3n) is 5.21. The summed E-state index contributed by atoms with van der Waals surface area (Å²) in [4.78, 5) is 17.7.